The van der Waals surface area contributed by atoms with E-state index in [4.69, 9.17) is 18.5 Å². The number of ether oxygens (including phenoxy) is 2. The number of phosphoric acid groups is 1. The molecule has 0 amide bonds. The summed E-state index contributed by atoms with van der Waals surface area (Å²) in [6, 6.07) is 10.8. The Bertz CT molecular complexity index is 1780. The highest BCUT2D eigenvalue weighted by Gasteiger charge is 2.69. The molecule has 2 saturated heterocycles. The molecule has 0 unspecified atom stereocenters. The highest BCUT2D eigenvalue weighted by molar-refractivity contribution is 7.47. The first kappa shape index (κ1) is 39.8. The first-order valence-electron chi connectivity index (χ1n) is 15.5. The topological polar surface area (TPSA) is 74.2 Å². The molecular formula is C35H25F12O6P. The van der Waals surface area contributed by atoms with Crippen LogP contribution in [-0.2, 0) is 59.0 Å². The molecule has 0 bridgehead atoms. The highest BCUT2D eigenvalue weighted by Crippen LogP contribution is 2.67. The summed E-state index contributed by atoms with van der Waals surface area (Å²) >= 11 is 0. The van der Waals surface area contributed by atoms with Gasteiger partial charge in [-0.15, -0.1) is 0 Å². The highest BCUT2D eigenvalue weighted by atomic mass is 31.2. The Kier molecular flexibility index (Phi) is 9.43. The zero-order chi connectivity index (χ0) is 39.9. The van der Waals surface area contributed by atoms with E-state index in [1.165, 1.54) is 13.8 Å². The Morgan fingerprint density at radius 1 is 0.463 bits per heavy atom. The fourth-order valence-electron chi connectivity index (χ4n) is 6.67. The van der Waals surface area contributed by atoms with Crippen molar-refractivity contribution in [2.45, 2.75) is 67.7 Å². The molecule has 0 saturated carbocycles. The van der Waals surface area contributed by atoms with Gasteiger partial charge in [0.15, 0.2) is 17.0 Å². The van der Waals surface area contributed by atoms with Crippen LogP contribution in [0.1, 0.15) is 58.4 Å². The molecular weight excluding hydrogens is 775 g/mol. The van der Waals surface area contributed by atoms with Gasteiger partial charge in [0.2, 0.25) is 0 Å². The molecule has 2 heterocycles. The quantitative estimate of drug-likeness (QED) is 0.164. The van der Waals surface area contributed by atoms with Crippen LogP contribution in [0.5, 0.6) is 0 Å². The zero-order valence-corrected chi connectivity index (χ0v) is 28.3. The first-order valence-corrected chi connectivity index (χ1v) is 17.0. The van der Waals surface area contributed by atoms with Gasteiger partial charge in [-0.05, 0) is 84.6 Å². The number of fused-ring (bicyclic) bond motifs is 1. The van der Waals surface area contributed by atoms with E-state index < -0.39 is 106 Å². The number of phosphoric ester groups is 1. The van der Waals surface area contributed by atoms with Crippen LogP contribution in [-0.4, -0.2) is 22.9 Å². The summed E-state index contributed by atoms with van der Waals surface area (Å²) in [5, 5.41) is 0. The Morgan fingerprint density at radius 3 is 0.852 bits per heavy atom. The molecule has 2 fully saturated rings. The fraction of sp³-hybridized carbons (Fsp3) is 0.314. The van der Waals surface area contributed by atoms with Gasteiger partial charge in [0, 0.05) is 0 Å². The van der Waals surface area contributed by atoms with Crippen molar-refractivity contribution in [2.75, 3.05) is 0 Å². The molecule has 54 heavy (non-hydrogen) atoms. The third-order valence-electron chi connectivity index (χ3n) is 8.98. The van der Waals surface area contributed by atoms with Crippen molar-refractivity contribution in [3.63, 3.8) is 0 Å². The summed E-state index contributed by atoms with van der Waals surface area (Å²) < 4.78 is 203. The second kappa shape index (κ2) is 12.8. The van der Waals surface area contributed by atoms with Crippen molar-refractivity contribution in [3.8, 4) is 0 Å². The van der Waals surface area contributed by atoms with Crippen LogP contribution in [0, 0.1) is 0 Å². The van der Waals surface area contributed by atoms with Crippen LogP contribution in [0.4, 0.5) is 52.7 Å². The SMILES string of the molecule is CC1(C)O[C@H]2[C@H](O1)C(c1ccc(C(F)(F)F)cc1)(c1ccc(C(F)(F)F)cc1)OP(=O)(O)OC2(c1ccc(C(F)(F)F)cc1)c1ccc(C(F)(F)F)cc1. The minimum absolute atomic E-state index is 0.417. The van der Waals surface area contributed by atoms with Gasteiger partial charge in [-0.25, -0.2) is 4.57 Å². The van der Waals surface area contributed by atoms with E-state index >= 15 is 0 Å². The maximum Gasteiger partial charge on any atom is 0.474 e. The Labute approximate surface area is 297 Å². The molecule has 4 aromatic carbocycles. The van der Waals surface area contributed by atoms with E-state index in [0.717, 1.165) is 48.5 Å². The molecule has 6 rings (SSSR count). The van der Waals surface area contributed by atoms with Crippen LogP contribution >= 0.6 is 7.82 Å². The number of hydrogen-bond acceptors (Lipinski definition) is 5. The predicted octanol–water partition coefficient (Wildman–Crippen LogP) is 10.6. The van der Waals surface area contributed by atoms with Gasteiger partial charge in [0.05, 0.1) is 22.3 Å². The second-order valence-corrected chi connectivity index (χ2v) is 14.2. The number of alkyl halides is 12. The van der Waals surface area contributed by atoms with E-state index in [1.54, 1.807) is 0 Å². The smallest absolute Gasteiger partial charge is 0.341 e. The number of halogens is 12. The molecule has 6 nitrogen and oxygen atoms in total. The van der Waals surface area contributed by atoms with Gasteiger partial charge in [-0.3, -0.25) is 9.05 Å². The molecule has 290 valence electrons. The first-order chi connectivity index (χ1) is 24.7. The molecule has 2 aliphatic rings. The van der Waals surface area contributed by atoms with E-state index in [9.17, 15) is 62.1 Å². The van der Waals surface area contributed by atoms with Crippen molar-refractivity contribution in [1.82, 2.24) is 0 Å². The molecule has 2 aliphatic heterocycles. The van der Waals surface area contributed by atoms with E-state index in [-0.39, 0.29) is 0 Å². The van der Waals surface area contributed by atoms with Crippen LogP contribution in [0.3, 0.4) is 0 Å². The number of hydrogen-bond donors (Lipinski definition) is 1. The summed E-state index contributed by atoms with van der Waals surface area (Å²) in [6.45, 7) is 2.57. The lowest BCUT2D eigenvalue weighted by Crippen LogP contribution is -2.53. The third-order valence-corrected chi connectivity index (χ3v) is 10.0. The van der Waals surface area contributed by atoms with Crippen LogP contribution < -0.4 is 0 Å². The molecule has 4 aromatic rings. The van der Waals surface area contributed by atoms with Gasteiger partial charge in [0.25, 0.3) is 0 Å². The fourth-order valence-corrected chi connectivity index (χ4v) is 8.06. The standard InChI is InChI=1S/C35H25F12O6P/c1-29(2)50-27-28(51-29)31(21-7-15-25(16-8-21)34(42,43)44,22-9-17-26(18-10-22)35(45,46)47)53-54(48,49)52-30(27,19-3-11-23(12-4-19)32(36,37)38)20-5-13-24(14-6-20)33(39,40)41/h3-18,27-28H,1-2H3,(H,48,49)/t27-,28-/m0/s1. The summed E-state index contributed by atoms with van der Waals surface area (Å²) in [5.41, 5.74) is -12.0. The molecule has 0 aromatic heterocycles. The Hall–Kier alpha value is -3.93. The molecule has 1 N–H and O–H groups in total. The monoisotopic (exact) mass is 800 g/mol. The van der Waals surface area contributed by atoms with E-state index in [1.807, 2.05) is 0 Å². The van der Waals surface area contributed by atoms with Gasteiger partial charge < -0.3 is 14.4 Å². The van der Waals surface area contributed by atoms with Gasteiger partial charge >= 0.3 is 32.5 Å². The van der Waals surface area contributed by atoms with E-state index in [0.29, 0.717) is 48.5 Å². The van der Waals surface area contributed by atoms with Crippen molar-refractivity contribution in [1.29, 1.82) is 0 Å². The lowest BCUT2D eigenvalue weighted by Gasteiger charge is -2.41. The van der Waals surface area contributed by atoms with Crippen LogP contribution in [0.15, 0.2) is 97.1 Å². The lowest BCUT2D eigenvalue weighted by atomic mass is 9.71. The summed E-state index contributed by atoms with van der Waals surface area (Å²) in [5.74, 6) is -1.84. The third kappa shape index (κ3) is 7.15. The van der Waals surface area contributed by atoms with E-state index in [2.05, 4.69) is 0 Å². The molecule has 0 aliphatic carbocycles. The van der Waals surface area contributed by atoms with Crippen molar-refractivity contribution >= 4 is 7.82 Å². The number of rotatable bonds is 4. The maximum absolute atomic E-state index is 14.4. The van der Waals surface area contributed by atoms with Gasteiger partial charge in [0.1, 0.15) is 12.2 Å². The van der Waals surface area contributed by atoms with Crippen molar-refractivity contribution in [3.05, 3.63) is 142 Å². The summed E-state index contributed by atoms with van der Waals surface area (Å²) in [4.78, 5) is 11.6. The minimum Gasteiger partial charge on any atom is -0.341 e. The largest absolute Gasteiger partial charge is 0.474 e. The molecule has 2 atom stereocenters. The average Bonchev–Trinajstić information content (AvgIpc) is 3.37. The average molecular weight is 801 g/mol. The summed E-state index contributed by atoms with van der Waals surface area (Å²) in [7, 11) is -5.86. The molecule has 0 spiro atoms. The van der Waals surface area contributed by atoms with Gasteiger partial charge in [-0.2, -0.15) is 52.7 Å². The van der Waals surface area contributed by atoms with Crippen molar-refractivity contribution < 1.29 is 80.7 Å². The second-order valence-electron chi connectivity index (χ2n) is 12.9. The minimum atomic E-state index is -5.86. The zero-order valence-electron chi connectivity index (χ0n) is 27.4. The van der Waals surface area contributed by atoms with Gasteiger partial charge in [-0.1, -0.05) is 48.5 Å². The van der Waals surface area contributed by atoms with Crippen molar-refractivity contribution in [2.24, 2.45) is 0 Å². The summed E-state index contributed by atoms with van der Waals surface area (Å²) in [6.07, 6.45) is -23.5. The predicted molar refractivity (Wildman–Crippen MR) is 163 cm³/mol. The van der Waals surface area contributed by atoms with Crippen LogP contribution in [0.2, 0.25) is 0 Å². The van der Waals surface area contributed by atoms with Crippen LogP contribution in [0.25, 0.3) is 0 Å². The molecule has 19 heteroatoms. The normalized spacial score (nSPS) is 22.4. The molecule has 0 radical (unpaired) electrons. The number of benzene rings is 4. The Balaban J connectivity index is 1.70. The maximum atomic E-state index is 14.4. The Morgan fingerprint density at radius 2 is 0.667 bits per heavy atom. The lowest BCUT2D eigenvalue weighted by molar-refractivity contribution is -0.178.